The van der Waals surface area contributed by atoms with Gasteiger partial charge in [-0.3, -0.25) is 14.7 Å². The summed E-state index contributed by atoms with van der Waals surface area (Å²) in [6, 6.07) is 9.13. The van der Waals surface area contributed by atoms with E-state index in [1.165, 1.54) is 0 Å². The van der Waals surface area contributed by atoms with E-state index >= 15 is 0 Å². The molecule has 1 saturated heterocycles. The number of carbonyl (C=O) groups excluding carboxylic acids is 2. The van der Waals surface area contributed by atoms with Crippen LogP contribution in [-0.2, 0) is 0 Å². The van der Waals surface area contributed by atoms with Crippen LogP contribution in [0.25, 0.3) is 10.9 Å². The van der Waals surface area contributed by atoms with Crippen LogP contribution in [0.4, 0.5) is 0 Å². The standard InChI is InChI=1S/C25H28N4O4/c1-14(2)32-18-5-6-21-20(13-18)23(30)26-25(33-21)7-9-29(10-8-25)24(31)17-11-15(3)22-19(12-17)16(4)27-28-22/h5-6,11-14H,7-10H2,1-4H3,(H,26,30)(H,27,28). The first-order chi connectivity index (χ1) is 15.7. The molecule has 5 rings (SSSR count). The summed E-state index contributed by atoms with van der Waals surface area (Å²) in [4.78, 5) is 27.9. The van der Waals surface area contributed by atoms with Crippen LogP contribution in [0.5, 0.6) is 11.5 Å². The van der Waals surface area contributed by atoms with Gasteiger partial charge in [-0.1, -0.05) is 0 Å². The number of fused-ring (bicyclic) bond motifs is 2. The van der Waals surface area contributed by atoms with E-state index in [0.717, 1.165) is 22.2 Å². The Bertz CT molecular complexity index is 1250. The van der Waals surface area contributed by atoms with Crippen molar-refractivity contribution in [1.82, 2.24) is 20.4 Å². The van der Waals surface area contributed by atoms with Crippen molar-refractivity contribution in [2.24, 2.45) is 0 Å². The third-order valence-electron chi connectivity index (χ3n) is 6.38. The number of nitrogens with zero attached hydrogens (tertiary/aromatic N) is 2. The predicted molar refractivity (Wildman–Crippen MR) is 124 cm³/mol. The molecule has 0 radical (unpaired) electrons. The number of hydrogen-bond acceptors (Lipinski definition) is 5. The molecule has 8 nitrogen and oxygen atoms in total. The van der Waals surface area contributed by atoms with Crippen molar-refractivity contribution in [2.75, 3.05) is 13.1 Å². The fourth-order valence-corrected chi connectivity index (χ4v) is 4.66. The molecule has 1 aromatic heterocycles. The molecule has 3 heterocycles. The number of piperidine rings is 1. The van der Waals surface area contributed by atoms with Gasteiger partial charge in [0, 0.05) is 36.9 Å². The molecule has 1 spiro atoms. The van der Waals surface area contributed by atoms with Crippen LogP contribution < -0.4 is 14.8 Å². The van der Waals surface area contributed by atoms with Gasteiger partial charge in [-0.05, 0) is 63.6 Å². The van der Waals surface area contributed by atoms with Crippen molar-refractivity contribution in [3.05, 3.63) is 52.7 Å². The molecule has 2 N–H and O–H groups in total. The predicted octanol–water partition coefficient (Wildman–Crippen LogP) is 3.72. The average Bonchev–Trinajstić information content (AvgIpc) is 3.15. The first kappa shape index (κ1) is 21.3. The minimum Gasteiger partial charge on any atom is -0.491 e. The van der Waals surface area contributed by atoms with Crippen LogP contribution in [-0.4, -0.2) is 51.8 Å². The van der Waals surface area contributed by atoms with Gasteiger partial charge in [0.05, 0.1) is 22.9 Å². The first-order valence-corrected chi connectivity index (χ1v) is 11.3. The number of amides is 2. The fourth-order valence-electron chi connectivity index (χ4n) is 4.66. The molecule has 0 saturated carbocycles. The van der Waals surface area contributed by atoms with E-state index in [0.29, 0.717) is 48.6 Å². The Morgan fingerprint density at radius 3 is 2.67 bits per heavy atom. The Hall–Kier alpha value is -3.55. The zero-order valence-corrected chi connectivity index (χ0v) is 19.3. The number of carbonyl (C=O) groups is 2. The molecule has 2 aromatic carbocycles. The number of hydrogen-bond donors (Lipinski definition) is 2. The second kappa shape index (κ2) is 7.79. The highest BCUT2D eigenvalue weighted by atomic mass is 16.5. The average molecular weight is 449 g/mol. The SMILES string of the molecule is Cc1n[nH]c2c(C)cc(C(=O)N3CCC4(CC3)NC(=O)c3cc(OC(C)C)ccc3O4)cc12. The summed E-state index contributed by atoms with van der Waals surface area (Å²) in [6.45, 7) is 8.76. The van der Waals surface area contributed by atoms with Gasteiger partial charge in [0.2, 0.25) is 0 Å². The summed E-state index contributed by atoms with van der Waals surface area (Å²) in [6.07, 6.45) is 1.05. The molecule has 33 heavy (non-hydrogen) atoms. The van der Waals surface area contributed by atoms with E-state index in [-0.39, 0.29) is 17.9 Å². The van der Waals surface area contributed by atoms with Gasteiger partial charge in [0.1, 0.15) is 11.5 Å². The summed E-state index contributed by atoms with van der Waals surface area (Å²) in [5.74, 6) is 0.986. The van der Waals surface area contributed by atoms with E-state index in [1.807, 2.05) is 50.8 Å². The summed E-state index contributed by atoms with van der Waals surface area (Å²) >= 11 is 0. The zero-order valence-electron chi connectivity index (χ0n) is 19.3. The number of rotatable bonds is 3. The lowest BCUT2D eigenvalue weighted by Crippen LogP contribution is -2.61. The topological polar surface area (TPSA) is 96.6 Å². The van der Waals surface area contributed by atoms with Gasteiger partial charge in [-0.15, -0.1) is 0 Å². The van der Waals surface area contributed by atoms with E-state index in [9.17, 15) is 9.59 Å². The lowest BCUT2D eigenvalue weighted by molar-refractivity contribution is -0.0246. The molecule has 0 bridgehead atoms. The van der Waals surface area contributed by atoms with E-state index in [1.54, 1.807) is 12.1 Å². The lowest BCUT2D eigenvalue weighted by Gasteiger charge is -2.44. The molecular weight excluding hydrogens is 420 g/mol. The van der Waals surface area contributed by atoms with Gasteiger partial charge in [-0.25, -0.2) is 0 Å². The van der Waals surface area contributed by atoms with Gasteiger partial charge in [0.15, 0.2) is 5.72 Å². The number of aryl methyl sites for hydroxylation is 2. The summed E-state index contributed by atoms with van der Waals surface area (Å²) < 4.78 is 12.0. The number of likely N-dealkylation sites (tertiary alicyclic amines) is 1. The van der Waals surface area contributed by atoms with Crippen molar-refractivity contribution in [1.29, 1.82) is 0 Å². The highest BCUT2D eigenvalue weighted by Gasteiger charge is 2.43. The normalized spacial score (nSPS) is 17.1. The number of aromatic nitrogens is 2. The zero-order chi connectivity index (χ0) is 23.3. The number of benzene rings is 2. The van der Waals surface area contributed by atoms with Crippen LogP contribution in [0.1, 0.15) is 58.7 Å². The van der Waals surface area contributed by atoms with Crippen molar-refractivity contribution >= 4 is 22.7 Å². The van der Waals surface area contributed by atoms with Crippen LogP contribution in [0.3, 0.4) is 0 Å². The molecule has 8 heteroatoms. The van der Waals surface area contributed by atoms with Crippen LogP contribution in [0.2, 0.25) is 0 Å². The second-order valence-corrected chi connectivity index (χ2v) is 9.19. The molecule has 0 atom stereocenters. The third-order valence-corrected chi connectivity index (χ3v) is 6.38. The fraction of sp³-hybridized carbons (Fsp3) is 0.400. The number of H-pyrrole nitrogens is 1. The molecule has 2 aliphatic heterocycles. The number of ether oxygens (including phenoxy) is 2. The minimum atomic E-state index is -0.803. The summed E-state index contributed by atoms with van der Waals surface area (Å²) in [5, 5.41) is 11.3. The largest absolute Gasteiger partial charge is 0.491 e. The van der Waals surface area contributed by atoms with Crippen molar-refractivity contribution in [3.63, 3.8) is 0 Å². The lowest BCUT2D eigenvalue weighted by atomic mass is 9.96. The van der Waals surface area contributed by atoms with E-state index in [2.05, 4.69) is 15.5 Å². The van der Waals surface area contributed by atoms with Gasteiger partial charge in [0.25, 0.3) is 11.8 Å². The maximum Gasteiger partial charge on any atom is 0.258 e. The molecule has 1 fully saturated rings. The molecule has 172 valence electrons. The third kappa shape index (κ3) is 3.79. The smallest absolute Gasteiger partial charge is 0.258 e. The molecule has 0 unspecified atom stereocenters. The van der Waals surface area contributed by atoms with Gasteiger partial charge in [-0.2, -0.15) is 5.10 Å². The van der Waals surface area contributed by atoms with Crippen LogP contribution >= 0.6 is 0 Å². The Labute approximate surface area is 192 Å². The van der Waals surface area contributed by atoms with Gasteiger partial charge >= 0.3 is 0 Å². The Morgan fingerprint density at radius 1 is 1.18 bits per heavy atom. The molecule has 0 aliphatic carbocycles. The first-order valence-electron chi connectivity index (χ1n) is 11.3. The maximum atomic E-state index is 13.2. The maximum absolute atomic E-state index is 13.2. The van der Waals surface area contributed by atoms with Crippen molar-refractivity contribution < 1.29 is 19.1 Å². The monoisotopic (exact) mass is 448 g/mol. The number of nitrogens with one attached hydrogen (secondary N) is 2. The Morgan fingerprint density at radius 2 is 1.94 bits per heavy atom. The minimum absolute atomic E-state index is 0.0192. The second-order valence-electron chi connectivity index (χ2n) is 9.19. The Kier molecular flexibility index (Phi) is 5.03. The highest BCUT2D eigenvalue weighted by Crippen LogP contribution is 2.36. The summed E-state index contributed by atoms with van der Waals surface area (Å²) in [7, 11) is 0. The molecule has 2 amide bonds. The quantitative estimate of drug-likeness (QED) is 0.637. The van der Waals surface area contributed by atoms with Crippen molar-refractivity contribution in [2.45, 2.75) is 52.4 Å². The highest BCUT2D eigenvalue weighted by molar-refractivity contribution is 6.00. The molecular formula is C25H28N4O4. The van der Waals surface area contributed by atoms with Crippen LogP contribution in [0.15, 0.2) is 30.3 Å². The van der Waals surface area contributed by atoms with Crippen LogP contribution in [0, 0.1) is 13.8 Å². The molecule has 2 aliphatic rings. The van der Waals surface area contributed by atoms with Crippen molar-refractivity contribution in [3.8, 4) is 11.5 Å². The van der Waals surface area contributed by atoms with E-state index in [4.69, 9.17) is 9.47 Å². The number of aromatic amines is 1. The van der Waals surface area contributed by atoms with E-state index < -0.39 is 5.72 Å². The Balaban J connectivity index is 1.31. The van der Waals surface area contributed by atoms with Gasteiger partial charge < -0.3 is 19.7 Å². The molecule has 3 aromatic rings. The summed E-state index contributed by atoms with van der Waals surface area (Å²) in [5.41, 5.74) is 3.14.